The number of hydrogen-bond donors (Lipinski definition) is 0. The molecule has 0 aliphatic rings. The van der Waals surface area contributed by atoms with Crippen LogP contribution in [0.1, 0.15) is 32.8 Å². The van der Waals surface area contributed by atoms with Crippen LogP contribution in [0.5, 0.6) is 5.75 Å². The van der Waals surface area contributed by atoms with Crippen LogP contribution < -0.4 is 4.74 Å². The lowest BCUT2D eigenvalue weighted by molar-refractivity contribution is -0.136. The number of hydrogen-bond acceptors (Lipinski definition) is 2. The summed E-state index contributed by atoms with van der Waals surface area (Å²) in [6, 6.07) is 5.22. The quantitative estimate of drug-likeness (QED) is 0.577. The maximum atomic E-state index is 11.6. The minimum absolute atomic E-state index is 0.0581. The van der Waals surface area contributed by atoms with Crippen molar-refractivity contribution < 1.29 is 9.53 Å². The summed E-state index contributed by atoms with van der Waals surface area (Å²) in [5, 5.41) is 0.646. The Hall–Kier alpha value is -1.02. The maximum absolute atomic E-state index is 11.6. The van der Waals surface area contributed by atoms with Crippen molar-refractivity contribution in [3.63, 3.8) is 0 Å². The molecule has 0 heterocycles. The number of carbonyl (C=O) groups excluding carboxylic acids is 1. The zero-order chi connectivity index (χ0) is 12.3. The number of benzene rings is 1. The SMILES string of the molecule is Cc1cc(Cl)ccc1OC(=O)CC(C)(C)C. The number of ether oxygens (including phenoxy) is 1. The van der Waals surface area contributed by atoms with Gasteiger partial charge in [-0.1, -0.05) is 32.4 Å². The Labute approximate surface area is 102 Å². The lowest BCUT2D eigenvalue weighted by Gasteiger charge is -2.17. The van der Waals surface area contributed by atoms with Crippen molar-refractivity contribution in [1.29, 1.82) is 0 Å². The number of esters is 1. The van der Waals surface area contributed by atoms with E-state index in [0.717, 1.165) is 5.56 Å². The standard InChI is InChI=1S/C13H17ClO2/c1-9-7-10(14)5-6-11(9)16-12(15)8-13(2,3)4/h5-7H,8H2,1-4H3. The van der Waals surface area contributed by atoms with E-state index in [1.165, 1.54) is 0 Å². The van der Waals surface area contributed by atoms with E-state index < -0.39 is 0 Å². The topological polar surface area (TPSA) is 26.3 Å². The molecule has 0 unspecified atom stereocenters. The number of rotatable bonds is 2. The summed E-state index contributed by atoms with van der Waals surface area (Å²) in [5.41, 5.74) is 0.812. The largest absolute Gasteiger partial charge is 0.426 e. The van der Waals surface area contributed by atoms with E-state index in [1.54, 1.807) is 18.2 Å². The van der Waals surface area contributed by atoms with Crippen molar-refractivity contribution in [2.45, 2.75) is 34.1 Å². The Morgan fingerprint density at radius 1 is 1.38 bits per heavy atom. The van der Waals surface area contributed by atoms with Gasteiger partial charge in [-0.15, -0.1) is 0 Å². The first-order valence-electron chi connectivity index (χ1n) is 5.25. The molecule has 0 radical (unpaired) electrons. The Morgan fingerprint density at radius 3 is 2.50 bits per heavy atom. The van der Waals surface area contributed by atoms with E-state index in [-0.39, 0.29) is 11.4 Å². The van der Waals surface area contributed by atoms with E-state index in [4.69, 9.17) is 16.3 Å². The third-order valence-corrected chi connectivity index (χ3v) is 2.27. The van der Waals surface area contributed by atoms with Gasteiger partial charge in [-0.3, -0.25) is 4.79 Å². The zero-order valence-corrected chi connectivity index (χ0v) is 10.9. The summed E-state index contributed by atoms with van der Waals surface area (Å²) in [4.78, 5) is 11.6. The molecule has 0 aliphatic heterocycles. The van der Waals surface area contributed by atoms with E-state index >= 15 is 0 Å². The smallest absolute Gasteiger partial charge is 0.311 e. The van der Waals surface area contributed by atoms with Crippen LogP contribution in [0.2, 0.25) is 5.02 Å². The molecule has 0 aromatic heterocycles. The molecule has 0 atom stereocenters. The number of carbonyl (C=O) groups is 1. The average Bonchev–Trinajstić information content (AvgIpc) is 2.06. The van der Waals surface area contributed by atoms with Crippen LogP contribution in [0, 0.1) is 12.3 Å². The highest BCUT2D eigenvalue weighted by Gasteiger charge is 2.18. The van der Waals surface area contributed by atoms with Gasteiger partial charge in [0.05, 0.1) is 6.42 Å². The van der Waals surface area contributed by atoms with Gasteiger partial charge in [-0.2, -0.15) is 0 Å². The van der Waals surface area contributed by atoms with Crippen molar-refractivity contribution in [1.82, 2.24) is 0 Å². The molecule has 0 saturated carbocycles. The summed E-state index contributed by atoms with van der Waals surface area (Å²) < 4.78 is 5.28. The second-order valence-corrected chi connectivity index (χ2v) is 5.56. The summed E-state index contributed by atoms with van der Waals surface area (Å²) >= 11 is 5.82. The molecule has 0 amide bonds. The van der Waals surface area contributed by atoms with Gasteiger partial charge in [0.2, 0.25) is 0 Å². The fraction of sp³-hybridized carbons (Fsp3) is 0.462. The van der Waals surface area contributed by atoms with Gasteiger partial charge >= 0.3 is 5.97 Å². The fourth-order valence-electron chi connectivity index (χ4n) is 1.32. The van der Waals surface area contributed by atoms with Crippen molar-refractivity contribution in [2.24, 2.45) is 5.41 Å². The van der Waals surface area contributed by atoms with Gasteiger partial charge in [-0.05, 0) is 36.1 Å². The maximum Gasteiger partial charge on any atom is 0.311 e. The molecule has 0 N–H and O–H groups in total. The van der Waals surface area contributed by atoms with E-state index in [1.807, 2.05) is 27.7 Å². The molecular weight excluding hydrogens is 224 g/mol. The third-order valence-electron chi connectivity index (χ3n) is 2.04. The Balaban J connectivity index is 2.70. The Morgan fingerprint density at radius 2 is 2.00 bits per heavy atom. The Kier molecular flexibility index (Phi) is 3.98. The van der Waals surface area contributed by atoms with E-state index in [0.29, 0.717) is 17.2 Å². The van der Waals surface area contributed by atoms with Crippen molar-refractivity contribution in [3.8, 4) is 5.75 Å². The molecule has 0 saturated heterocycles. The molecule has 2 nitrogen and oxygen atoms in total. The van der Waals surface area contributed by atoms with Gasteiger partial charge < -0.3 is 4.74 Å². The number of aryl methyl sites for hydroxylation is 1. The van der Waals surface area contributed by atoms with Crippen LogP contribution in [-0.2, 0) is 4.79 Å². The molecule has 0 bridgehead atoms. The summed E-state index contributed by atoms with van der Waals surface area (Å²) in [5.74, 6) is 0.372. The summed E-state index contributed by atoms with van der Waals surface area (Å²) in [6.45, 7) is 7.88. The zero-order valence-electron chi connectivity index (χ0n) is 10.1. The highest BCUT2D eigenvalue weighted by atomic mass is 35.5. The highest BCUT2D eigenvalue weighted by Crippen LogP contribution is 2.24. The fourth-order valence-corrected chi connectivity index (χ4v) is 1.55. The van der Waals surface area contributed by atoms with Gasteiger partial charge in [-0.25, -0.2) is 0 Å². The first kappa shape index (κ1) is 13.0. The average molecular weight is 241 g/mol. The predicted molar refractivity (Wildman–Crippen MR) is 65.9 cm³/mol. The van der Waals surface area contributed by atoms with Crippen molar-refractivity contribution in [3.05, 3.63) is 28.8 Å². The minimum atomic E-state index is -0.210. The van der Waals surface area contributed by atoms with Crippen LogP contribution in [0.4, 0.5) is 0 Å². The molecule has 1 rings (SSSR count). The van der Waals surface area contributed by atoms with E-state index in [2.05, 4.69) is 0 Å². The first-order valence-corrected chi connectivity index (χ1v) is 5.62. The lowest BCUT2D eigenvalue weighted by Crippen LogP contribution is -2.17. The van der Waals surface area contributed by atoms with Crippen LogP contribution in [0.15, 0.2) is 18.2 Å². The van der Waals surface area contributed by atoms with Gasteiger partial charge in [0, 0.05) is 5.02 Å². The van der Waals surface area contributed by atoms with Crippen molar-refractivity contribution in [2.75, 3.05) is 0 Å². The molecule has 0 spiro atoms. The van der Waals surface area contributed by atoms with Gasteiger partial charge in [0.15, 0.2) is 0 Å². The third kappa shape index (κ3) is 4.23. The summed E-state index contributed by atoms with van der Waals surface area (Å²) in [7, 11) is 0. The van der Waals surface area contributed by atoms with Crippen LogP contribution in [0.25, 0.3) is 0 Å². The highest BCUT2D eigenvalue weighted by molar-refractivity contribution is 6.30. The van der Waals surface area contributed by atoms with Crippen LogP contribution in [0.3, 0.4) is 0 Å². The molecule has 0 aliphatic carbocycles. The lowest BCUT2D eigenvalue weighted by atomic mass is 9.92. The van der Waals surface area contributed by atoms with Crippen LogP contribution >= 0.6 is 11.6 Å². The van der Waals surface area contributed by atoms with Crippen LogP contribution in [-0.4, -0.2) is 5.97 Å². The van der Waals surface area contributed by atoms with Crippen molar-refractivity contribution >= 4 is 17.6 Å². The normalized spacial score (nSPS) is 11.3. The molecule has 1 aromatic carbocycles. The molecule has 0 fully saturated rings. The molecule has 3 heteroatoms. The molecule has 16 heavy (non-hydrogen) atoms. The van der Waals surface area contributed by atoms with Gasteiger partial charge in [0.1, 0.15) is 5.75 Å². The first-order chi connectivity index (χ1) is 7.28. The number of halogens is 1. The van der Waals surface area contributed by atoms with Gasteiger partial charge in [0.25, 0.3) is 0 Å². The molecular formula is C13H17ClO2. The molecule has 88 valence electrons. The summed E-state index contributed by atoms with van der Waals surface area (Å²) in [6.07, 6.45) is 0.398. The molecule has 1 aromatic rings. The predicted octanol–water partition coefficient (Wildman–Crippen LogP) is 3.99. The monoisotopic (exact) mass is 240 g/mol. The second kappa shape index (κ2) is 4.88. The van der Waals surface area contributed by atoms with E-state index in [9.17, 15) is 4.79 Å². The second-order valence-electron chi connectivity index (χ2n) is 5.12. The Bertz CT molecular complexity index is 391. The minimum Gasteiger partial charge on any atom is -0.426 e.